The van der Waals surface area contributed by atoms with E-state index < -0.39 is 62.1 Å². The van der Waals surface area contributed by atoms with Gasteiger partial charge < -0.3 is 4.74 Å². The van der Waals surface area contributed by atoms with Crippen molar-refractivity contribution < 1.29 is 66.2 Å². The molecule has 152 valence electrons. The SMILES string of the molecule is FCC(F)(C(F)OC(F)C(F)(CF)C(F)C(F)(F)F)C(F)C(F)(F)F. The van der Waals surface area contributed by atoms with Crippen LogP contribution in [0.25, 0.3) is 0 Å². The second-order valence-corrected chi connectivity index (χ2v) is 4.70. The van der Waals surface area contributed by atoms with E-state index in [0.29, 0.717) is 0 Å². The van der Waals surface area contributed by atoms with Gasteiger partial charge in [-0.3, -0.25) is 0 Å². The molecule has 0 bridgehead atoms. The Morgan fingerprint density at radius 3 is 0.960 bits per heavy atom. The molecule has 15 heteroatoms. The molecule has 0 aliphatic heterocycles. The van der Waals surface area contributed by atoms with Crippen molar-refractivity contribution in [2.75, 3.05) is 13.3 Å². The summed E-state index contributed by atoms with van der Waals surface area (Å²) in [6.07, 6.45) is -32.0. The standard InChI is InChI=1S/C10H8F14O/c11-1-7(17,3(13)9(19,20)21)5(15)25-6(16)8(18,2-12)4(14)10(22,23)24/h3-6H,1-2H2. The molecule has 0 rings (SSSR count). The topological polar surface area (TPSA) is 9.23 Å². The molecule has 0 saturated heterocycles. The van der Waals surface area contributed by atoms with Crippen LogP contribution >= 0.6 is 0 Å². The fourth-order valence-electron chi connectivity index (χ4n) is 1.36. The van der Waals surface area contributed by atoms with E-state index in [1.807, 2.05) is 0 Å². The molecule has 0 aliphatic rings. The number of hydrogen-bond donors (Lipinski definition) is 0. The molecule has 0 radical (unpaired) electrons. The maximum absolute atomic E-state index is 13.4. The van der Waals surface area contributed by atoms with Gasteiger partial charge in [0, 0.05) is 0 Å². The molecule has 6 unspecified atom stereocenters. The first-order valence-corrected chi connectivity index (χ1v) is 5.83. The summed E-state index contributed by atoms with van der Waals surface area (Å²) in [6.45, 7) is -6.37. The molecule has 0 aromatic carbocycles. The third kappa shape index (κ3) is 5.00. The van der Waals surface area contributed by atoms with Crippen molar-refractivity contribution in [1.29, 1.82) is 0 Å². The second-order valence-electron chi connectivity index (χ2n) is 4.70. The Kier molecular flexibility index (Phi) is 7.38. The summed E-state index contributed by atoms with van der Waals surface area (Å²) >= 11 is 0. The number of hydrogen-bond acceptors (Lipinski definition) is 1. The predicted molar refractivity (Wildman–Crippen MR) is 52.4 cm³/mol. The van der Waals surface area contributed by atoms with Crippen LogP contribution in [-0.4, -0.2) is 62.1 Å². The number of ether oxygens (including phenoxy) is 1. The molecule has 0 heterocycles. The van der Waals surface area contributed by atoms with Crippen molar-refractivity contribution in [3.63, 3.8) is 0 Å². The van der Waals surface area contributed by atoms with Crippen LogP contribution in [0.15, 0.2) is 0 Å². The molecule has 1 nitrogen and oxygen atoms in total. The molecule has 0 aliphatic carbocycles. The van der Waals surface area contributed by atoms with Crippen molar-refractivity contribution in [2.24, 2.45) is 0 Å². The Hall–Kier alpha value is -1.02. The third-order valence-electron chi connectivity index (χ3n) is 2.82. The number of alkyl halides is 14. The smallest absolute Gasteiger partial charge is 0.307 e. The van der Waals surface area contributed by atoms with Crippen LogP contribution in [0, 0.1) is 0 Å². The maximum Gasteiger partial charge on any atom is 0.423 e. The van der Waals surface area contributed by atoms with Crippen molar-refractivity contribution in [2.45, 2.75) is 48.7 Å². The van der Waals surface area contributed by atoms with Crippen molar-refractivity contribution >= 4 is 0 Å². The Bertz CT molecular complexity index is 385. The van der Waals surface area contributed by atoms with E-state index in [9.17, 15) is 61.5 Å². The van der Waals surface area contributed by atoms with Gasteiger partial charge >= 0.3 is 12.4 Å². The van der Waals surface area contributed by atoms with Gasteiger partial charge in [-0.1, -0.05) is 0 Å². The summed E-state index contributed by atoms with van der Waals surface area (Å²) in [5.74, 6) is 0. The summed E-state index contributed by atoms with van der Waals surface area (Å²) in [6, 6.07) is 0. The zero-order valence-corrected chi connectivity index (χ0v) is 11.4. The Balaban J connectivity index is 5.53. The highest BCUT2D eigenvalue weighted by atomic mass is 19.4. The molecule has 0 amide bonds. The van der Waals surface area contributed by atoms with Gasteiger partial charge in [0.1, 0.15) is 13.3 Å². The monoisotopic (exact) mass is 410 g/mol. The zero-order valence-electron chi connectivity index (χ0n) is 11.4. The molecular weight excluding hydrogens is 402 g/mol. The van der Waals surface area contributed by atoms with E-state index in [4.69, 9.17) is 0 Å². The Morgan fingerprint density at radius 1 is 0.560 bits per heavy atom. The summed E-state index contributed by atoms with van der Waals surface area (Å²) in [4.78, 5) is 0. The number of halogens is 14. The molecule has 25 heavy (non-hydrogen) atoms. The van der Waals surface area contributed by atoms with E-state index in [1.54, 1.807) is 0 Å². The van der Waals surface area contributed by atoms with Gasteiger partial charge in [-0.05, 0) is 0 Å². The van der Waals surface area contributed by atoms with Gasteiger partial charge in [-0.2, -0.15) is 26.3 Å². The van der Waals surface area contributed by atoms with Crippen LogP contribution in [0.1, 0.15) is 0 Å². The van der Waals surface area contributed by atoms with Crippen LogP contribution in [0.4, 0.5) is 61.5 Å². The summed E-state index contributed by atoms with van der Waals surface area (Å²) < 4.78 is 178. The minimum Gasteiger partial charge on any atom is -0.307 e. The van der Waals surface area contributed by atoms with Crippen molar-refractivity contribution in [1.82, 2.24) is 0 Å². The number of rotatable bonds is 8. The fraction of sp³-hybridized carbons (Fsp3) is 1.00. The molecule has 0 spiro atoms. The average molecular weight is 410 g/mol. The van der Waals surface area contributed by atoms with Crippen LogP contribution in [0.3, 0.4) is 0 Å². The van der Waals surface area contributed by atoms with Gasteiger partial charge in [0.15, 0.2) is 0 Å². The van der Waals surface area contributed by atoms with E-state index in [1.165, 1.54) is 0 Å². The molecule has 6 atom stereocenters. The normalized spacial score (nSPS) is 23.3. The van der Waals surface area contributed by atoms with Gasteiger partial charge in [0.05, 0.1) is 0 Å². The van der Waals surface area contributed by atoms with Crippen molar-refractivity contribution in [3.05, 3.63) is 0 Å². The van der Waals surface area contributed by atoms with Crippen molar-refractivity contribution in [3.8, 4) is 0 Å². The Labute approximate surface area is 129 Å². The lowest BCUT2D eigenvalue weighted by atomic mass is 9.99. The van der Waals surface area contributed by atoms with E-state index in [0.717, 1.165) is 0 Å². The lowest BCUT2D eigenvalue weighted by Crippen LogP contribution is -2.58. The van der Waals surface area contributed by atoms with Gasteiger partial charge in [0.2, 0.25) is 36.4 Å². The highest BCUT2D eigenvalue weighted by Crippen LogP contribution is 2.42. The molecular formula is C10H8F14O. The molecule has 0 fully saturated rings. The first kappa shape index (κ1) is 24.0. The highest BCUT2D eigenvalue weighted by molar-refractivity contribution is 4.98. The van der Waals surface area contributed by atoms with Crippen LogP contribution in [0.5, 0.6) is 0 Å². The van der Waals surface area contributed by atoms with Gasteiger partial charge in [0.25, 0.3) is 0 Å². The van der Waals surface area contributed by atoms with E-state index >= 15 is 0 Å². The molecule has 0 N–H and O–H groups in total. The second kappa shape index (κ2) is 7.70. The predicted octanol–water partition coefficient (Wildman–Crippen LogP) is 4.75. The largest absolute Gasteiger partial charge is 0.423 e. The Morgan fingerprint density at radius 2 is 0.800 bits per heavy atom. The lowest BCUT2D eigenvalue weighted by molar-refractivity contribution is -0.308. The van der Waals surface area contributed by atoms with E-state index in [-0.39, 0.29) is 0 Å². The van der Waals surface area contributed by atoms with Gasteiger partial charge in [-0.25, -0.2) is 35.1 Å². The fourth-order valence-corrected chi connectivity index (χ4v) is 1.36. The summed E-state index contributed by atoms with van der Waals surface area (Å²) in [5, 5.41) is 0. The van der Waals surface area contributed by atoms with Gasteiger partial charge in [-0.15, -0.1) is 0 Å². The first-order chi connectivity index (χ1) is 11.0. The lowest BCUT2D eigenvalue weighted by Gasteiger charge is -2.34. The average Bonchev–Trinajstić information content (AvgIpc) is 2.49. The van der Waals surface area contributed by atoms with E-state index in [2.05, 4.69) is 4.74 Å². The first-order valence-electron chi connectivity index (χ1n) is 5.83. The van der Waals surface area contributed by atoms with Crippen LogP contribution in [-0.2, 0) is 4.74 Å². The van der Waals surface area contributed by atoms with Crippen LogP contribution in [0.2, 0.25) is 0 Å². The third-order valence-corrected chi connectivity index (χ3v) is 2.82. The molecule has 0 saturated carbocycles. The minimum atomic E-state index is -6.28. The summed E-state index contributed by atoms with van der Waals surface area (Å²) in [5.41, 5.74) is -10.7. The zero-order chi connectivity index (χ0) is 20.4. The molecule has 0 aromatic heterocycles. The quantitative estimate of drug-likeness (QED) is 0.525. The highest BCUT2D eigenvalue weighted by Gasteiger charge is 2.65. The minimum absolute atomic E-state index is 2.75. The van der Waals surface area contributed by atoms with Crippen LogP contribution < -0.4 is 0 Å². The molecule has 0 aromatic rings. The summed E-state index contributed by atoms with van der Waals surface area (Å²) in [7, 11) is 0. The maximum atomic E-state index is 13.4.